The van der Waals surface area contributed by atoms with Crippen molar-refractivity contribution in [2.45, 2.75) is 25.9 Å². The molecule has 6 heteroatoms. The molecule has 1 aromatic carbocycles. The van der Waals surface area contributed by atoms with Crippen LogP contribution in [0.1, 0.15) is 28.8 Å². The highest BCUT2D eigenvalue weighted by atomic mass is 16.5. The summed E-state index contributed by atoms with van der Waals surface area (Å²) in [6, 6.07) is 7.21. The Bertz CT molecular complexity index is 566. The molecule has 0 bridgehead atoms. The summed E-state index contributed by atoms with van der Waals surface area (Å²) < 4.78 is 5.07. The van der Waals surface area contributed by atoms with E-state index in [0.29, 0.717) is 12.1 Å². The first-order valence-corrected chi connectivity index (χ1v) is 7.19. The third-order valence-corrected chi connectivity index (χ3v) is 3.63. The summed E-state index contributed by atoms with van der Waals surface area (Å²) in [7, 11) is 0. The Hall–Kier alpha value is -2.21. The number of aliphatic carboxylic acids is 1. The van der Waals surface area contributed by atoms with Crippen molar-refractivity contribution in [3.05, 3.63) is 35.4 Å². The standard InChI is InChI=1S/C16H19NO5/c1-11-2-4-12(5-3-11)13(18)6-7-15(19)17-8-9-22-14(10-17)16(20)21/h2-5,14H,6-10H2,1H3,(H,20,21). The van der Waals surface area contributed by atoms with Crippen LogP contribution in [0.3, 0.4) is 0 Å². The van der Waals surface area contributed by atoms with Crippen LogP contribution in [-0.4, -0.2) is 53.5 Å². The van der Waals surface area contributed by atoms with Crippen LogP contribution in [0, 0.1) is 6.92 Å². The number of Topliss-reactive ketones (excluding diaryl/α,β-unsaturated/α-hetero) is 1. The van der Waals surface area contributed by atoms with Gasteiger partial charge in [-0.2, -0.15) is 0 Å². The molecular formula is C16H19NO5. The summed E-state index contributed by atoms with van der Waals surface area (Å²) in [4.78, 5) is 36.4. The van der Waals surface area contributed by atoms with E-state index in [1.54, 1.807) is 12.1 Å². The fraction of sp³-hybridized carbons (Fsp3) is 0.438. The van der Waals surface area contributed by atoms with Gasteiger partial charge in [-0.3, -0.25) is 9.59 Å². The number of carbonyl (C=O) groups is 3. The van der Waals surface area contributed by atoms with Crippen LogP contribution >= 0.6 is 0 Å². The molecule has 1 aromatic rings. The van der Waals surface area contributed by atoms with Crippen molar-refractivity contribution >= 4 is 17.7 Å². The Morgan fingerprint density at radius 3 is 2.55 bits per heavy atom. The first kappa shape index (κ1) is 16.2. The maximum atomic E-state index is 12.1. The number of benzene rings is 1. The average molecular weight is 305 g/mol. The Morgan fingerprint density at radius 2 is 1.91 bits per heavy atom. The lowest BCUT2D eigenvalue weighted by molar-refractivity contribution is -0.159. The van der Waals surface area contributed by atoms with Crippen LogP contribution in [0.4, 0.5) is 0 Å². The number of carboxylic acid groups (broad SMARTS) is 1. The summed E-state index contributed by atoms with van der Waals surface area (Å²) in [5, 5.41) is 8.91. The van der Waals surface area contributed by atoms with E-state index in [0.717, 1.165) is 5.56 Å². The van der Waals surface area contributed by atoms with Crippen LogP contribution in [0.15, 0.2) is 24.3 Å². The molecule has 22 heavy (non-hydrogen) atoms. The van der Waals surface area contributed by atoms with E-state index in [9.17, 15) is 14.4 Å². The SMILES string of the molecule is Cc1ccc(C(=O)CCC(=O)N2CCOC(C(=O)O)C2)cc1. The molecule has 1 atom stereocenters. The molecule has 1 fully saturated rings. The second-order valence-corrected chi connectivity index (χ2v) is 5.33. The molecule has 0 aromatic heterocycles. The van der Waals surface area contributed by atoms with Gasteiger partial charge in [0.25, 0.3) is 0 Å². The van der Waals surface area contributed by atoms with E-state index in [1.165, 1.54) is 4.90 Å². The summed E-state index contributed by atoms with van der Waals surface area (Å²) in [5.74, 6) is -1.38. The molecule has 6 nitrogen and oxygen atoms in total. The Balaban J connectivity index is 1.85. The average Bonchev–Trinajstić information content (AvgIpc) is 2.53. The van der Waals surface area contributed by atoms with Crippen molar-refractivity contribution in [3.63, 3.8) is 0 Å². The lowest BCUT2D eigenvalue weighted by atomic mass is 10.0. The van der Waals surface area contributed by atoms with Crippen molar-refractivity contribution in [3.8, 4) is 0 Å². The number of carboxylic acids is 1. The Labute approximate surface area is 128 Å². The summed E-state index contributed by atoms with van der Waals surface area (Å²) in [5.41, 5.74) is 1.66. The van der Waals surface area contributed by atoms with E-state index in [4.69, 9.17) is 9.84 Å². The van der Waals surface area contributed by atoms with E-state index in [2.05, 4.69) is 0 Å². The Kier molecular flexibility index (Phi) is 5.27. The molecule has 1 unspecified atom stereocenters. The summed E-state index contributed by atoms with van der Waals surface area (Å²) >= 11 is 0. The van der Waals surface area contributed by atoms with E-state index in [1.807, 2.05) is 19.1 Å². The lowest BCUT2D eigenvalue weighted by Gasteiger charge is -2.30. The predicted octanol–water partition coefficient (Wildman–Crippen LogP) is 1.27. The van der Waals surface area contributed by atoms with Gasteiger partial charge >= 0.3 is 5.97 Å². The second-order valence-electron chi connectivity index (χ2n) is 5.33. The maximum absolute atomic E-state index is 12.1. The molecule has 2 rings (SSSR count). The minimum Gasteiger partial charge on any atom is -0.479 e. The monoisotopic (exact) mass is 305 g/mol. The fourth-order valence-corrected chi connectivity index (χ4v) is 2.29. The van der Waals surface area contributed by atoms with Crippen molar-refractivity contribution in [2.75, 3.05) is 19.7 Å². The number of ketones is 1. The van der Waals surface area contributed by atoms with E-state index in [-0.39, 0.29) is 37.7 Å². The second kappa shape index (κ2) is 7.17. The zero-order chi connectivity index (χ0) is 16.1. The fourth-order valence-electron chi connectivity index (χ4n) is 2.29. The molecule has 1 N–H and O–H groups in total. The van der Waals surface area contributed by atoms with Gasteiger partial charge in [0.05, 0.1) is 13.2 Å². The lowest BCUT2D eigenvalue weighted by Crippen LogP contribution is -2.48. The van der Waals surface area contributed by atoms with Crippen LogP contribution in [-0.2, 0) is 14.3 Å². The number of hydrogen-bond acceptors (Lipinski definition) is 4. The number of aryl methyl sites for hydroxylation is 1. The molecule has 0 spiro atoms. The van der Waals surface area contributed by atoms with Crippen LogP contribution in [0.5, 0.6) is 0 Å². The predicted molar refractivity (Wildman–Crippen MR) is 78.7 cm³/mol. The van der Waals surface area contributed by atoms with Crippen molar-refractivity contribution in [1.29, 1.82) is 0 Å². The molecular weight excluding hydrogens is 286 g/mol. The molecule has 1 amide bonds. The molecule has 0 radical (unpaired) electrons. The zero-order valence-electron chi connectivity index (χ0n) is 12.4. The zero-order valence-corrected chi connectivity index (χ0v) is 12.4. The summed E-state index contributed by atoms with van der Waals surface area (Å²) in [6.07, 6.45) is -0.777. The number of ether oxygens (including phenoxy) is 1. The third-order valence-electron chi connectivity index (χ3n) is 3.63. The molecule has 0 saturated carbocycles. The normalized spacial score (nSPS) is 18.0. The highest BCUT2D eigenvalue weighted by Crippen LogP contribution is 2.11. The Morgan fingerprint density at radius 1 is 1.23 bits per heavy atom. The number of morpholine rings is 1. The topological polar surface area (TPSA) is 83.9 Å². The van der Waals surface area contributed by atoms with Gasteiger partial charge in [0.2, 0.25) is 5.91 Å². The molecule has 1 saturated heterocycles. The molecule has 118 valence electrons. The van der Waals surface area contributed by atoms with Crippen molar-refractivity contribution in [1.82, 2.24) is 4.90 Å². The number of rotatable bonds is 5. The van der Waals surface area contributed by atoms with Crippen LogP contribution < -0.4 is 0 Å². The van der Waals surface area contributed by atoms with Crippen molar-refractivity contribution < 1.29 is 24.2 Å². The number of hydrogen-bond donors (Lipinski definition) is 1. The van der Waals surface area contributed by atoms with Crippen LogP contribution in [0.25, 0.3) is 0 Å². The molecule has 1 aliphatic rings. The van der Waals surface area contributed by atoms with E-state index >= 15 is 0 Å². The van der Waals surface area contributed by atoms with Gasteiger partial charge in [-0.05, 0) is 6.92 Å². The number of nitrogens with zero attached hydrogens (tertiary/aromatic N) is 1. The minimum absolute atomic E-state index is 0.0346. The largest absolute Gasteiger partial charge is 0.479 e. The van der Waals surface area contributed by atoms with Gasteiger partial charge in [0, 0.05) is 24.9 Å². The van der Waals surface area contributed by atoms with E-state index < -0.39 is 12.1 Å². The minimum atomic E-state index is -1.08. The number of amides is 1. The van der Waals surface area contributed by atoms with Crippen LogP contribution in [0.2, 0.25) is 0 Å². The molecule has 1 heterocycles. The van der Waals surface area contributed by atoms with Crippen molar-refractivity contribution in [2.24, 2.45) is 0 Å². The first-order valence-electron chi connectivity index (χ1n) is 7.19. The highest BCUT2D eigenvalue weighted by molar-refractivity contribution is 5.98. The quantitative estimate of drug-likeness (QED) is 0.828. The van der Waals surface area contributed by atoms with Gasteiger partial charge in [-0.25, -0.2) is 4.79 Å². The van der Waals surface area contributed by atoms with Gasteiger partial charge in [0.1, 0.15) is 0 Å². The smallest absolute Gasteiger partial charge is 0.334 e. The first-order chi connectivity index (χ1) is 10.5. The van der Waals surface area contributed by atoms with Gasteiger partial charge in [-0.1, -0.05) is 29.8 Å². The molecule has 1 aliphatic heterocycles. The van der Waals surface area contributed by atoms with Gasteiger partial charge in [0.15, 0.2) is 11.9 Å². The summed E-state index contributed by atoms with van der Waals surface area (Å²) in [6.45, 7) is 2.54. The maximum Gasteiger partial charge on any atom is 0.334 e. The number of carbonyl (C=O) groups excluding carboxylic acids is 2. The molecule has 0 aliphatic carbocycles. The third kappa shape index (κ3) is 4.14. The van der Waals surface area contributed by atoms with Gasteiger partial charge in [-0.15, -0.1) is 0 Å². The van der Waals surface area contributed by atoms with Gasteiger partial charge < -0.3 is 14.7 Å². The highest BCUT2D eigenvalue weighted by Gasteiger charge is 2.28.